The smallest absolute Gasteiger partial charge is 0.315 e. The van der Waals surface area contributed by atoms with Gasteiger partial charge in [0.15, 0.2) is 0 Å². The SMILES string of the molecule is COCCOC(OC)Oc1cccc(CC(CC(C)C(=O)O)C(=O)O)c1. The standard InChI is InChI=1S/C18H26O8/c1-12(16(19)20)9-14(17(21)22)10-13-5-4-6-15(11-13)26-18(24-3)25-8-7-23-2/h4-6,11-12,14,18H,7-10H2,1-3H3,(H,19,20)(H,21,22). The van der Waals surface area contributed by atoms with Gasteiger partial charge in [0.05, 0.1) is 25.0 Å². The zero-order valence-corrected chi connectivity index (χ0v) is 15.2. The first-order valence-electron chi connectivity index (χ1n) is 8.21. The lowest BCUT2D eigenvalue weighted by Crippen LogP contribution is -2.25. The summed E-state index contributed by atoms with van der Waals surface area (Å²) in [5, 5.41) is 18.4. The quantitative estimate of drug-likeness (QED) is 0.401. The van der Waals surface area contributed by atoms with E-state index < -0.39 is 30.3 Å². The lowest BCUT2D eigenvalue weighted by atomic mass is 9.90. The van der Waals surface area contributed by atoms with Crippen LogP contribution in [0.2, 0.25) is 0 Å². The molecule has 0 radical (unpaired) electrons. The third-order valence-electron chi connectivity index (χ3n) is 3.76. The van der Waals surface area contributed by atoms with Crippen LogP contribution in [0.15, 0.2) is 24.3 Å². The third-order valence-corrected chi connectivity index (χ3v) is 3.76. The maximum atomic E-state index is 11.4. The molecule has 0 spiro atoms. The van der Waals surface area contributed by atoms with Crippen molar-refractivity contribution < 1.29 is 38.7 Å². The van der Waals surface area contributed by atoms with E-state index in [1.807, 2.05) is 0 Å². The summed E-state index contributed by atoms with van der Waals surface area (Å²) < 4.78 is 20.9. The molecule has 0 aliphatic heterocycles. The zero-order valence-electron chi connectivity index (χ0n) is 15.2. The number of ether oxygens (including phenoxy) is 4. The molecular weight excluding hydrogens is 344 g/mol. The van der Waals surface area contributed by atoms with E-state index >= 15 is 0 Å². The van der Waals surface area contributed by atoms with Crippen LogP contribution in [-0.4, -0.2) is 56.1 Å². The molecule has 2 N–H and O–H groups in total. The van der Waals surface area contributed by atoms with Gasteiger partial charge in [-0.1, -0.05) is 19.1 Å². The second kappa shape index (κ2) is 11.5. The molecule has 8 nitrogen and oxygen atoms in total. The number of hydrogen-bond donors (Lipinski definition) is 2. The van der Waals surface area contributed by atoms with Crippen molar-refractivity contribution in [2.24, 2.45) is 11.8 Å². The third kappa shape index (κ3) is 7.81. The largest absolute Gasteiger partial charge is 0.481 e. The Bertz CT molecular complexity index is 574. The maximum Gasteiger partial charge on any atom is 0.315 e. The van der Waals surface area contributed by atoms with Gasteiger partial charge in [0.25, 0.3) is 0 Å². The lowest BCUT2D eigenvalue weighted by Gasteiger charge is -2.19. The predicted octanol–water partition coefficient (Wildman–Crippen LogP) is 2.01. The number of methoxy groups -OCH3 is 2. The van der Waals surface area contributed by atoms with Crippen LogP contribution < -0.4 is 4.74 Å². The van der Waals surface area contributed by atoms with E-state index in [1.54, 1.807) is 31.4 Å². The van der Waals surface area contributed by atoms with Crippen LogP contribution in [0.5, 0.6) is 5.75 Å². The minimum atomic E-state index is -1.03. The average Bonchev–Trinajstić information content (AvgIpc) is 2.60. The number of carboxylic acid groups (broad SMARTS) is 2. The Morgan fingerprint density at radius 2 is 1.85 bits per heavy atom. The van der Waals surface area contributed by atoms with E-state index in [9.17, 15) is 14.7 Å². The first kappa shape index (κ1) is 21.9. The topological polar surface area (TPSA) is 112 Å². The van der Waals surface area contributed by atoms with E-state index in [1.165, 1.54) is 14.0 Å². The number of hydrogen-bond acceptors (Lipinski definition) is 6. The van der Waals surface area contributed by atoms with Crippen LogP contribution in [0.3, 0.4) is 0 Å². The molecule has 3 unspecified atom stereocenters. The first-order valence-corrected chi connectivity index (χ1v) is 8.21. The van der Waals surface area contributed by atoms with Crippen molar-refractivity contribution in [2.45, 2.75) is 26.2 Å². The summed E-state index contributed by atoms with van der Waals surface area (Å²) in [6.07, 6.45) is 0.253. The molecule has 0 aromatic heterocycles. The molecule has 0 fully saturated rings. The number of carbonyl (C=O) groups is 2. The Labute approximate surface area is 152 Å². The van der Waals surface area contributed by atoms with Crippen molar-refractivity contribution in [1.29, 1.82) is 0 Å². The second-order valence-corrected chi connectivity index (χ2v) is 5.87. The van der Waals surface area contributed by atoms with Crippen LogP contribution in [0.1, 0.15) is 18.9 Å². The van der Waals surface area contributed by atoms with Crippen LogP contribution in [0, 0.1) is 11.8 Å². The molecular formula is C18H26O8. The summed E-state index contributed by atoms with van der Waals surface area (Å²) in [6.45, 7) is 1.27. The fraction of sp³-hybridized carbons (Fsp3) is 0.556. The van der Waals surface area contributed by atoms with Crippen LogP contribution >= 0.6 is 0 Å². The van der Waals surface area contributed by atoms with Crippen LogP contribution in [0.4, 0.5) is 0 Å². The summed E-state index contributed by atoms with van der Waals surface area (Å²) in [6, 6.07) is 6.88. The van der Waals surface area contributed by atoms with Gasteiger partial charge >= 0.3 is 18.4 Å². The van der Waals surface area contributed by atoms with Gasteiger partial charge in [-0.3, -0.25) is 9.59 Å². The average molecular weight is 370 g/mol. The fourth-order valence-corrected chi connectivity index (χ4v) is 2.32. The molecule has 0 saturated carbocycles. The van der Waals surface area contributed by atoms with E-state index in [0.717, 1.165) is 5.56 Å². The summed E-state index contributed by atoms with van der Waals surface area (Å²) >= 11 is 0. The van der Waals surface area contributed by atoms with Gasteiger partial charge < -0.3 is 29.2 Å². The number of benzene rings is 1. The van der Waals surface area contributed by atoms with E-state index in [-0.39, 0.29) is 12.8 Å². The highest BCUT2D eigenvalue weighted by molar-refractivity contribution is 5.73. The predicted molar refractivity (Wildman–Crippen MR) is 91.9 cm³/mol. The Hall–Kier alpha value is -2.16. The summed E-state index contributed by atoms with van der Waals surface area (Å²) in [4.78, 5) is 22.4. The van der Waals surface area contributed by atoms with Crippen LogP contribution in [0.25, 0.3) is 0 Å². The monoisotopic (exact) mass is 370 g/mol. The van der Waals surface area contributed by atoms with Gasteiger partial charge in [0.2, 0.25) is 0 Å². The molecule has 0 amide bonds. The molecule has 1 aromatic rings. The molecule has 26 heavy (non-hydrogen) atoms. The summed E-state index contributed by atoms with van der Waals surface area (Å²) in [5.74, 6) is -3.11. The highest BCUT2D eigenvalue weighted by Gasteiger charge is 2.24. The van der Waals surface area contributed by atoms with Crippen LogP contribution in [-0.2, 0) is 30.2 Å². The minimum absolute atomic E-state index is 0.0522. The van der Waals surface area contributed by atoms with Crippen molar-refractivity contribution >= 4 is 11.9 Å². The van der Waals surface area contributed by atoms with Crippen molar-refractivity contribution in [3.8, 4) is 5.75 Å². The summed E-state index contributed by atoms with van der Waals surface area (Å²) in [5.41, 5.74) is 0.722. The molecule has 0 saturated heterocycles. The Balaban J connectivity index is 2.74. The fourth-order valence-electron chi connectivity index (χ4n) is 2.32. The Morgan fingerprint density at radius 3 is 2.42 bits per heavy atom. The van der Waals surface area contributed by atoms with Crippen molar-refractivity contribution in [1.82, 2.24) is 0 Å². The summed E-state index contributed by atoms with van der Waals surface area (Å²) in [7, 11) is 2.99. The van der Waals surface area contributed by atoms with Gasteiger partial charge in [-0.15, -0.1) is 0 Å². The van der Waals surface area contributed by atoms with E-state index in [0.29, 0.717) is 19.0 Å². The molecule has 146 valence electrons. The van der Waals surface area contributed by atoms with Gasteiger partial charge in [-0.2, -0.15) is 0 Å². The zero-order chi connectivity index (χ0) is 19.5. The molecule has 0 aliphatic rings. The second-order valence-electron chi connectivity index (χ2n) is 5.87. The first-order chi connectivity index (χ1) is 12.4. The van der Waals surface area contributed by atoms with E-state index in [2.05, 4.69) is 0 Å². The molecule has 3 atom stereocenters. The van der Waals surface area contributed by atoms with Crippen molar-refractivity contribution in [2.75, 3.05) is 27.4 Å². The van der Waals surface area contributed by atoms with Crippen molar-refractivity contribution in [3.63, 3.8) is 0 Å². The van der Waals surface area contributed by atoms with E-state index in [4.69, 9.17) is 24.1 Å². The Morgan fingerprint density at radius 1 is 1.12 bits per heavy atom. The van der Waals surface area contributed by atoms with Gasteiger partial charge in [0, 0.05) is 14.2 Å². The lowest BCUT2D eigenvalue weighted by molar-refractivity contribution is -0.237. The van der Waals surface area contributed by atoms with Gasteiger partial charge in [-0.25, -0.2) is 0 Å². The minimum Gasteiger partial charge on any atom is -0.481 e. The molecule has 0 bridgehead atoms. The molecule has 0 aliphatic carbocycles. The Kier molecular flexibility index (Phi) is 9.64. The molecule has 1 rings (SSSR count). The maximum absolute atomic E-state index is 11.4. The highest BCUT2D eigenvalue weighted by Crippen LogP contribution is 2.22. The molecule has 0 heterocycles. The van der Waals surface area contributed by atoms with Crippen molar-refractivity contribution in [3.05, 3.63) is 29.8 Å². The number of aliphatic carboxylic acids is 2. The molecule has 8 heteroatoms. The number of rotatable bonds is 13. The van der Waals surface area contributed by atoms with Gasteiger partial charge in [0.1, 0.15) is 5.75 Å². The van der Waals surface area contributed by atoms with Gasteiger partial charge in [-0.05, 0) is 30.5 Å². The highest BCUT2D eigenvalue weighted by atomic mass is 16.8. The normalized spacial score (nSPS) is 14.4. The molecule has 1 aromatic carbocycles. The number of carboxylic acids is 2.